The van der Waals surface area contributed by atoms with Crippen LogP contribution in [-0.4, -0.2) is 21.7 Å². The number of esters is 1. The zero-order valence-electron chi connectivity index (χ0n) is 15.9. The van der Waals surface area contributed by atoms with Crippen LogP contribution in [0.4, 0.5) is 0 Å². The highest BCUT2D eigenvalue weighted by molar-refractivity contribution is 7.18. The SMILES string of the molecule is O=C1Oc2cc3ccccc3cc2C(=O)/C1=C/c1nc2oc(-c3ccccc3)nc2s1. The van der Waals surface area contributed by atoms with E-state index in [0.717, 1.165) is 16.3 Å². The number of rotatable bonds is 2. The highest BCUT2D eigenvalue weighted by Crippen LogP contribution is 2.34. The molecular formula is C24H12N2O4S. The third-order valence-corrected chi connectivity index (χ3v) is 5.92. The van der Waals surface area contributed by atoms with Crippen LogP contribution in [0.5, 0.6) is 5.75 Å². The molecule has 0 amide bonds. The quantitative estimate of drug-likeness (QED) is 0.166. The monoisotopic (exact) mass is 424 g/mol. The Kier molecular flexibility index (Phi) is 3.84. The molecule has 0 saturated carbocycles. The molecule has 0 radical (unpaired) electrons. The van der Waals surface area contributed by atoms with Gasteiger partial charge in [0.2, 0.25) is 11.7 Å². The summed E-state index contributed by atoms with van der Waals surface area (Å²) in [6.45, 7) is 0. The zero-order valence-corrected chi connectivity index (χ0v) is 16.7. The molecule has 6 rings (SSSR count). The molecule has 0 bridgehead atoms. The molecule has 3 aromatic carbocycles. The fourth-order valence-electron chi connectivity index (χ4n) is 3.54. The maximum atomic E-state index is 13.0. The first kappa shape index (κ1) is 17.7. The molecule has 0 N–H and O–H groups in total. The Morgan fingerprint density at radius 2 is 1.61 bits per heavy atom. The molecule has 6 nitrogen and oxygen atoms in total. The van der Waals surface area contributed by atoms with E-state index in [0.29, 0.717) is 27.0 Å². The van der Waals surface area contributed by atoms with Crippen LogP contribution in [-0.2, 0) is 4.79 Å². The molecule has 0 unspecified atom stereocenters. The van der Waals surface area contributed by atoms with Crippen LogP contribution < -0.4 is 4.74 Å². The van der Waals surface area contributed by atoms with Gasteiger partial charge in [0.1, 0.15) is 16.3 Å². The molecule has 0 saturated heterocycles. The smallest absolute Gasteiger partial charge is 0.347 e. The third-order valence-electron chi connectivity index (χ3n) is 5.04. The van der Waals surface area contributed by atoms with E-state index in [1.54, 1.807) is 12.1 Å². The Balaban J connectivity index is 1.38. The first-order valence-corrected chi connectivity index (χ1v) is 10.3. The van der Waals surface area contributed by atoms with Crippen molar-refractivity contribution in [3.8, 4) is 17.2 Å². The average molecular weight is 424 g/mol. The number of hydrogen-bond donors (Lipinski definition) is 0. The van der Waals surface area contributed by atoms with Crippen LogP contribution in [0, 0.1) is 0 Å². The van der Waals surface area contributed by atoms with Gasteiger partial charge in [-0.05, 0) is 41.1 Å². The number of nitrogens with zero attached hydrogens (tertiary/aromatic N) is 2. The van der Waals surface area contributed by atoms with Gasteiger partial charge in [-0.2, -0.15) is 9.97 Å². The number of Topliss-reactive ketones (excluding diaryl/α,β-unsaturated/α-hetero) is 1. The average Bonchev–Trinajstić information content (AvgIpc) is 3.35. The Bertz CT molecular complexity index is 1510. The van der Waals surface area contributed by atoms with Crippen molar-refractivity contribution in [1.29, 1.82) is 0 Å². The van der Waals surface area contributed by atoms with Gasteiger partial charge >= 0.3 is 5.97 Å². The van der Waals surface area contributed by atoms with Crippen LogP contribution in [0.2, 0.25) is 0 Å². The number of carbonyl (C=O) groups is 2. The molecule has 0 fully saturated rings. The van der Waals surface area contributed by atoms with Gasteiger partial charge in [-0.25, -0.2) is 4.79 Å². The number of benzene rings is 3. The second kappa shape index (κ2) is 6.72. The van der Waals surface area contributed by atoms with Gasteiger partial charge in [0.15, 0.2) is 4.83 Å². The van der Waals surface area contributed by atoms with E-state index >= 15 is 0 Å². The molecule has 0 aliphatic carbocycles. The fourth-order valence-corrected chi connectivity index (χ4v) is 4.35. The fraction of sp³-hybridized carbons (Fsp3) is 0. The molecule has 1 aliphatic rings. The number of fused-ring (bicyclic) bond motifs is 3. The lowest BCUT2D eigenvalue weighted by Crippen LogP contribution is -2.25. The zero-order chi connectivity index (χ0) is 20.9. The highest BCUT2D eigenvalue weighted by Gasteiger charge is 2.31. The summed E-state index contributed by atoms with van der Waals surface area (Å²) in [5, 5.41) is 2.25. The summed E-state index contributed by atoms with van der Waals surface area (Å²) in [7, 11) is 0. The Morgan fingerprint density at radius 1 is 0.871 bits per heavy atom. The van der Waals surface area contributed by atoms with E-state index < -0.39 is 5.97 Å². The van der Waals surface area contributed by atoms with Crippen LogP contribution in [0.25, 0.3) is 38.8 Å². The summed E-state index contributed by atoms with van der Waals surface area (Å²) in [5.41, 5.74) is 1.50. The first-order valence-electron chi connectivity index (χ1n) is 9.50. The number of carbonyl (C=O) groups excluding carboxylic acids is 2. The maximum Gasteiger partial charge on any atom is 0.347 e. The summed E-state index contributed by atoms with van der Waals surface area (Å²) < 4.78 is 11.2. The molecule has 5 aromatic rings. The molecule has 7 heteroatoms. The van der Waals surface area contributed by atoms with Gasteiger partial charge in [0.25, 0.3) is 5.71 Å². The Labute approximate surface area is 179 Å². The van der Waals surface area contributed by atoms with Crippen LogP contribution in [0.3, 0.4) is 0 Å². The molecule has 148 valence electrons. The highest BCUT2D eigenvalue weighted by atomic mass is 32.1. The number of thiazole rings is 1. The van der Waals surface area contributed by atoms with Gasteiger partial charge in [0.05, 0.1) is 5.56 Å². The van der Waals surface area contributed by atoms with E-state index in [9.17, 15) is 9.59 Å². The normalized spacial score (nSPS) is 14.9. The standard InChI is InChI=1S/C24H12N2O4S/c27-20-16-10-14-8-4-5-9-15(14)11-18(16)29-24(28)17(20)12-19-25-22-23(31-19)26-21(30-22)13-6-2-1-3-7-13/h1-12H/b17-12-. The minimum Gasteiger partial charge on any atom is -0.422 e. The summed E-state index contributed by atoms with van der Waals surface area (Å²) >= 11 is 1.24. The second-order valence-electron chi connectivity index (χ2n) is 7.02. The van der Waals surface area contributed by atoms with Crippen molar-refractivity contribution in [3.05, 3.63) is 82.9 Å². The van der Waals surface area contributed by atoms with Crippen molar-refractivity contribution in [3.63, 3.8) is 0 Å². The van der Waals surface area contributed by atoms with Gasteiger partial charge in [-0.15, -0.1) is 0 Å². The summed E-state index contributed by atoms with van der Waals surface area (Å²) in [5.74, 6) is -0.338. The van der Waals surface area contributed by atoms with Crippen LogP contribution in [0.15, 0.2) is 76.7 Å². The van der Waals surface area contributed by atoms with Crippen LogP contribution in [0.1, 0.15) is 15.4 Å². The van der Waals surface area contributed by atoms with Crippen molar-refractivity contribution in [2.24, 2.45) is 0 Å². The third kappa shape index (κ3) is 2.94. The number of oxazole rings is 1. The minimum absolute atomic E-state index is 0.0672. The minimum atomic E-state index is -0.697. The van der Waals surface area contributed by atoms with Gasteiger partial charge in [-0.1, -0.05) is 53.8 Å². The first-order chi connectivity index (χ1) is 15.2. The molecule has 1 aliphatic heterocycles. The lowest BCUT2D eigenvalue weighted by Gasteiger charge is -2.17. The van der Waals surface area contributed by atoms with Crippen molar-refractivity contribution in [1.82, 2.24) is 9.97 Å². The molecule has 3 heterocycles. The van der Waals surface area contributed by atoms with Crippen LogP contribution >= 0.6 is 11.3 Å². The number of hydrogen-bond acceptors (Lipinski definition) is 7. The number of ketones is 1. The maximum absolute atomic E-state index is 13.0. The van der Waals surface area contributed by atoms with E-state index in [1.807, 2.05) is 54.6 Å². The largest absolute Gasteiger partial charge is 0.422 e. The van der Waals surface area contributed by atoms with E-state index in [1.165, 1.54) is 17.4 Å². The summed E-state index contributed by atoms with van der Waals surface area (Å²) in [6.07, 6.45) is 1.44. The Hall–Kier alpha value is -4.10. The van der Waals surface area contributed by atoms with E-state index in [2.05, 4.69) is 9.97 Å². The molecule has 0 atom stereocenters. The Morgan fingerprint density at radius 3 is 2.39 bits per heavy atom. The summed E-state index contributed by atoms with van der Waals surface area (Å²) in [4.78, 5) is 35.0. The van der Waals surface area contributed by atoms with Crippen molar-refractivity contribution >= 4 is 50.5 Å². The summed E-state index contributed by atoms with van der Waals surface area (Å²) in [6, 6.07) is 20.6. The molecule has 31 heavy (non-hydrogen) atoms. The molecule has 2 aromatic heterocycles. The second-order valence-corrected chi connectivity index (χ2v) is 8.03. The molecule has 0 spiro atoms. The molecular weight excluding hydrogens is 412 g/mol. The van der Waals surface area contributed by atoms with Crippen molar-refractivity contribution in [2.75, 3.05) is 0 Å². The van der Waals surface area contributed by atoms with Crippen molar-refractivity contribution in [2.45, 2.75) is 0 Å². The topological polar surface area (TPSA) is 82.3 Å². The van der Waals surface area contributed by atoms with E-state index in [4.69, 9.17) is 9.15 Å². The number of ether oxygens (including phenoxy) is 1. The van der Waals surface area contributed by atoms with E-state index in [-0.39, 0.29) is 17.1 Å². The lowest BCUT2D eigenvalue weighted by atomic mass is 9.96. The van der Waals surface area contributed by atoms with Gasteiger partial charge in [0, 0.05) is 5.56 Å². The van der Waals surface area contributed by atoms with Gasteiger partial charge < -0.3 is 9.15 Å². The predicted octanol–water partition coefficient (Wildman–Crippen LogP) is 5.29. The van der Waals surface area contributed by atoms with Crippen molar-refractivity contribution < 1.29 is 18.7 Å². The predicted molar refractivity (Wildman–Crippen MR) is 117 cm³/mol. The lowest BCUT2D eigenvalue weighted by molar-refractivity contribution is -0.130. The van der Waals surface area contributed by atoms with Gasteiger partial charge in [-0.3, -0.25) is 4.79 Å². The number of aromatic nitrogens is 2.